The highest BCUT2D eigenvalue weighted by Gasteiger charge is 2.12. The normalized spacial score (nSPS) is 11.2. The van der Waals surface area contributed by atoms with Gasteiger partial charge in [0.2, 0.25) is 0 Å². The smallest absolute Gasteiger partial charge is 0.173 e. The summed E-state index contributed by atoms with van der Waals surface area (Å²) in [7, 11) is 1.60. The van der Waals surface area contributed by atoms with Crippen LogP contribution >= 0.6 is 0 Å². The first-order valence-electron chi connectivity index (χ1n) is 6.05. The monoisotopic (exact) mass is 272 g/mol. The predicted octanol–water partition coefficient (Wildman–Crippen LogP) is 2.89. The summed E-state index contributed by atoms with van der Waals surface area (Å²) in [5.41, 5.74) is 7.10. The highest BCUT2D eigenvalue weighted by molar-refractivity contribution is 6.00. The molecule has 0 spiro atoms. The molecule has 0 aliphatic heterocycles. The van der Waals surface area contributed by atoms with Gasteiger partial charge in [-0.3, -0.25) is 0 Å². The summed E-state index contributed by atoms with van der Waals surface area (Å²) in [4.78, 5) is 0. The fourth-order valence-corrected chi connectivity index (χ4v) is 1.81. The maximum atomic E-state index is 8.83. The fraction of sp³-hybridized carbons (Fsp3) is 0.133. The van der Waals surface area contributed by atoms with Crippen LogP contribution in [0.15, 0.2) is 47.6 Å². The molecular formula is C15H16N2O3. The van der Waals surface area contributed by atoms with Crippen LogP contribution in [0.4, 0.5) is 0 Å². The van der Waals surface area contributed by atoms with Crippen LogP contribution < -0.4 is 15.2 Å². The zero-order valence-corrected chi connectivity index (χ0v) is 11.3. The lowest BCUT2D eigenvalue weighted by atomic mass is 10.1. The van der Waals surface area contributed by atoms with Gasteiger partial charge in [-0.15, -0.1) is 0 Å². The SMILES string of the molecule is COc1ccc(Oc2c(C)cccc2/C(N)=N/O)cc1. The molecule has 0 fully saturated rings. The van der Waals surface area contributed by atoms with Crippen LogP contribution in [0.2, 0.25) is 0 Å². The highest BCUT2D eigenvalue weighted by Crippen LogP contribution is 2.29. The van der Waals surface area contributed by atoms with Gasteiger partial charge in [0.15, 0.2) is 5.84 Å². The predicted molar refractivity (Wildman–Crippen MR) is 76.8 cm³/mol. The molecule has 2 aromatic carbocycles. The molecule has 2 aromatic rings. The number of aryl methyl sites for hydroxylation is 1. The van der Waals surface area contributed by atoms with Gasteiger partial charge < -0.3 is 20.4 Å². The van der Waals surface area contributed by atoms with E-state index < -0.39 is 0 Å². The van der Waals surface area contributed by atoms with Crippen LogP contribution in [-0.4, -0.2) is 18.2 Å². The molecule has 0 aliphatic carbocycles. The minimum atomic E-state index is 0.0113. The summed E-state index contributed by atoms with van der Waals surface area (Å²) >= 11 is 0. The summed E-state index contributed by atoms with van der Waals surface area (Å²) in [5, 5.41) is 11.9. The van der Waals surface area contributed by atoms with Crippen molar-refractivity contribution < 1.29 is 14.7 Å². The van der Waals surface area contributed by atoms with Gasteiger partial charge in [0.1, 0.15) is 17.2 Å². The van der Waals surface area contributed by atoms with E-state index in [-0.39, 0.29) is 5.84 Å². The number of methoxy groups -OCH3 is 1. The van der Waals surface area contributed by atoms with Gasteiger partial charge in [-0.05, 0) is 42.8 Å². The molecule has 0 atom stereocenters. The van der Waals surface area contributed by atoms with Gasteiger partial charge in [-0.25, -0.2) is 0 Å². The number of hydrogen-bond acceptors (Lipinski definition) is 4. The number of rotatable bonds is 4. The second-order valence-corrected chi connectivity index (χ2v) is 4.21. The molecule has 0 aliphatic rings. The van der Waals surface area contributed by atoms with Crippen LogP contribution in [0.1, 0.15) is 11.1 Å². The molecule has 20 heavy (non-hydrogen) atoms. The Morgan fingerprint density at radius 3 is 2.35 bits per heavy atom. The summed E-state index contributed by atoms with van der Waals surface area (Å²) in [6.07, 6.45) is 0. The van der Waals surface area contributed by atoms with Crippen LogP contribution in [0.25, 0.3) is 0 Å². The van der Waals surface area contributed by atoms with Crippen molar-refractivity contribution in [3.8, 4) is 17.2 Å². The fourth-order valence-electron chi connectivity index (χ4n) is 1.81. The number of nitrogens with two attached hydrogens (primary N) is 1. The third-order valence-electron chi connectivity index (χ3n) is 2.87. The molecule has 0 unspecified atom stereocenters. The summed E-state index contributed by atoms with van der Waals surface area (Å²) in [6, 6.07) is 12.6. The molecule has 0 radical (unpaired) electrons. The van der Waals surface area contributed by atoms with E-state index >= 15 is 0 Å². The molecule has 5 nitrogen and oxygen atoms in total. The van der Waals surface area contributed by atoms with E-state index in [1.165, 1.54) is 0 Å². The Labute approximate surface area is 117 Å². The first kappa shape index (κ1) is 13.7. The van der Waals surface area contributed by atoms with Gasteiger partial charge in [0.05, 0.1) is 12.7 Å². The lowest BCUT2D eigenvalue weighted by Crippen LogP contribution is -2.14. The first-order chi connectivity index (χ1) is 9.65. The quantitative estimate of drug-likeness (QED) is 0.388. The van der Waals surface area contributed by atoms with Crippen molar-refractivity contribution in [1.82, 2.24) is 0 Å². The Hall–Kier alpha value is -2.69. The number of amidine groups is 1. The van der Waals surface area contributed by atoms with E-state index in [9.17, 15) is 0 Å². The third kappa shape index (κ3) is 2.83. The maximum absolute atomic E-state index is 8.83. The van der Waals surface area contributed by atoms with Gasteiger partial charge in [0.25, 0.3) is 0 Å². The average Bonchev–Trinajstić information content (AvgIpc) is 2.49. The average molecular weight is 272 g/mol. The van der Waals surface area contributed by atoms with Gasteiger partial charge in [0, 0.05) is 0 Å². The number of nitrogens with zero attached hydrogens (tertiary/aromatic N) is 1. The Morgan fingerprint density at radius 2 is 1.75 bits per heavy atom. The van der Waals surface area contributed by atoms with Crippen molar-refractivity contribution in [3.05, 3.63) is 53.6 Å². The van der Waals surface area contributed by atoms with Crippen LogP contribution in [0.3, 0.4) is 0 Å². The highest BCUT2D eigenvalue weighted by atomic mass is 16.5. The number of benzene rings is 2. The van der Waals surface area contributed by atoms with Gasteiger partial charge in [-0.1, -0.05) is 17.3 Å². The van der Waals surface area contributed by atoms with Crippen molar-refractivity contribution in [3.63, 3.8) is 0 Å². The molecule has 0 saturated heterocycles. The molecule has 104 valence electrons. The Bertz CT molecular complexity index is 622. The van der Waals surface area contributed by atoms with Crippen molar-refractivity contribution in [1.29, 1.82) is 0 Å². The Morgan fingerprint density at radius 1 is 1.10 bits per heavy atom. The Kier molecular flexibility index (Phi) is 4.10. The van der Waals surface area contributed by atoms with Crippen molar-refractivity contribution in [2.75, 3.05) is 7.11 Å². The first-order valence-corrected chi connectivity index (χ1v) is 6.05. The molecule has 0 bridgehead atoms. The summed E-state index contributed by atoms with van der Waals surface area (Å²) in [6.45, 7) is 1.90. The largest absolute Gasteiger partial charge is 0.497 e. The molecule has 3 N–H and O–H groups in total. The second-order valence-electron chi connectivity index (χ2n) is 4.21. The molecule has 5 heteroatoms. The topological polar surface area (TPSA) is 77.1 Å². The van der Waals surface area contributed by atoms with E-state index in [0.717, 1.165) is 11.3 Å². The molecular weight excluding hydrogens is 256 g/mol. The van der Waals surface area contributed by atoms with E-state index in [0.29, 0.717) is 17.1 Å². The minimum absolute atomic E-state index is 0.0113. The molecule has 2 rings (SSSR count). The summed E-state index contributed by atoms with van der Waals surface area (Å²) < 4.78 is 10.9. The Balaban J connectivity index is 2.37. The number of hydrogen-bond donors (Lipinski definition) is 2. The lowest BCUT2D eigenvalue weighted by Gasteiger charge is -2.13. The number of ether oxygens (including phenoxy) is 2. The second kappa shape index (κ2) is 5.97. The molecule has 0 saturated carbocycles. The van der Waals surface area contributed by atoms with Gasteiger partial charge in [-0.2, -0.15) is 0 Å². The van der Waals surface area contributed by atoms with E-state index in [2.05, 4.69) is 5.16 Å². The lowest BCUT2D eigenvalue weighted by molar-refractivity contribution is 0.318. The zero-order chi connectivity index (χ0) is 14.5. The maximum Gasteiger partial charge on any atom is 0.173 e. The standard InChI is InChI=1S/C15H16N2O3/c1-10-4-3-5-13(15(16)17-18)14(10)20-12-8-6-11(19-2)7-9-12/h3-9,18H,1-2H3,(H2,16,17). The van der Waals surface area contributed by atoms with Gasteiger partial charge >= 0.3 is 0 Å². The molecule has 0 heterocycles. The zero-order valence-electron chi connectivity index (χ0n) is 11.3. The van der Waals surface area contributed by atoms with E-state index in [1.807, 2.05) is 19.1 Å². The summed E-state index contributed by atoms with van der Waals surface area (Å²) in [5.74, 6) is 1.97. The van der Waals surface area contributed by atoms with Crippen LogP contribution in [-0.2, 0) is 0 Å². The van der Waals surface area contributed by atoms with Crippen molar-refractivity contribution >= 4 is 5.84 Å². The van der Waals surface area contributed by atoms with Crippen molar-refractivity contribution in [2.45, 2.75) is 6.92 Å². The third-order valence-corrected chi connectivity index (χ3v) is 2.87. The van der Waals surface area contributed by atoms with Crippen LogP contribution in [0.5, 0.6) is 17.2 Å². The van der Waals surface area contributed by atoms with Crippen LogP contribution in [0, 0.1) is 6.92 Å². The number of oxime groups is 1. The van der Waals surface area contributed by atoms with Crippen molar-refractivity contribution in [2.24, 2.45) is 10.9 Å². The van der Waals surface area contributed by atoms with E-state index in [4.69, 9.17) is 20.4 Å². The molecule has 0 aromatic heterocycles. The molecule has 0 amide bonds. The van der Waals surface area contributed by atoms with E-state index in [1.54, 1.807) is 37.4 Å². The minimum Gasteiger partial charge on any atom is -0.497 e. The number of para-hydroxylation sites is 1.